The van der Waals surface area contributed by atoms with E-state index < -0.39 is 24.6 Å². The molecule has 1 aliphatic rings. The van der Waals surface area contributed by atoms with E-state index in [1.165, 1.54) is 0 Å². The summed E-state index contributed by atoms with van der Waals surface area (Å²) in [7, 11) is 0. The predicted molar refractivity (Wildman–Crippen MR) is 37.8 cm³/mol. The Morgan fingerprint density at radius 1 is 1.36 bits per heavy atom. The number of aliphatic hydroxyl groups is 3. The first-order valence-electron chi connectivity index (χ1n) is 3.84. The summed E-state index contributed by atoms with van der Waals surface area (Å²) in [4.78, 5) is 0. The molecular weight excluding hydrogens is 148 g/mol. The standard InChI is InChI=1S/C7H14O4/c1-2-5-7(10)4(8)3-6(9)11-5/h4-10H,2-3H2,1H3/t4-,5-,6?,7+/m1/s1. The minimum Gasteiger partial charge on any atom is -0.390 e. The van der Waals surface area contributed by atoms with Crippen LogP contribution in [0.2, 0.25) is 0 Å². The van der Waals surface area contributed by atoms with E-state index in [0.29, 0.717) is 6.42 Å². The summed E-state index contributed by atoms with van der Waals surface area (Å²) >= 11 is 0. The second-order valence-electron chi connectivity index (χ2n) is 2.83. The Morgan fingerprint density at radius 2 is 2.00 bits per heavy atom. The van der Waals surface area contributed by atoms with E-state index in [9.17, 15) is 5.11 Å². The molecule has 1 fully saturated rings. The molecule has 0 aromatic rings. The Balaban J connectivity index is 2.51. The Labute approximate surface area is 65.4 Å². The third-order valence-corrected chi connectivity index (χ3v) is 1.95. The number of hydrogen-bond donors (Lipinski definition) is 3. The van der Waals surface area contributed by atoms with E-state index in [2.05, 4.69) is 0 Å². The lowest BCUT2D eigenvalue weighted by Gasteiger charge is -2.34. The van der Waals surface area contributed by atoms with E-state index in [1.807, 2.05) is 6.92 Å². The van der Waals surface area contributed by atoms with Crippen LogP contribution in [0.5, 0.6) is 0 Å². The topological polar surface area (TPSA) is 69.9 Å². The van der Waals surface area contributed by atoms with Gasteiger partial charge in [-0.05, 0) is 6.42 Å². The van der Waals surface area contributed by atoms with E-state index >= 15 is 0 Å². The van der Waals surface area contributed by atoms with Crippen molar-refractivity contribution in [2.45, 2.75) is 44.4 Å². The van der Waals surface area contributed by atoms with Crippen LogP contribution in [0, 0.1) is 0 Å². The van der Waals surface area contributed by atoms with Crippen LogP contribution in [-0.2, 0) is 4.74 Å². The van der Waals surface area contributed by atoms with Gasteiger partial charge in [0.2, 0.25) is 0 Å². The molecule has 0 aromatic heterocycles. The molecule has 1 heterocycles. The first kappa shape index (κ1) is 8.93. The van der Waals surface area contributed by atoms with Gasteiger partial charge in [-0.1, -0.05) is 6.92 Å². The molecule has 1 aliphatic heterocycles. The zero-order valence-electron chi connectivity index (χ0n) is 6.47. The monoisotopic (exact) mass is 162 g/mol. The molecule has 3 N–H and O–H groups in total. The first-order chi connectivity index (χ1) is 5.15. The van der Waals surface area contributed by atoms with Crippen LogP contribution in [0.15, 0.2) is 0 Å². The fourth-order valence-corrected chi connectivity index (χ4v) is 1.27. The van der Waals surface area contributed by atoms with Crippen molar-refractivity contribution in [2.75, 3.05) is 0 Å². The molecule has 1 saturated heterocycles. The van der Waals surface area contributed by atoms with Crippen LogP contribution in [0.25, 0.3) is 0 Å². The fraction of sp³-hybridized carbons (Fsp3) is 1.00. The average molecular weight is 162 g/mol. The van der Waals surface area contributed by atoms with E-state index in [0.717, 1.165) is 0 Å². The third kappa shape index (κ3) is 1.90. The van der Waals surface area contributed by atoms with Crippen LogP contribution in [-0.4, -0.2) is 39.9 Å². The largest absolute Gasteiger partial charge is 0.390 e. The summed E-state index contributed by atoms with van der Waals surface area (Å²) in [6.45, 7) is 1.83. The quantitative estimate of drug-likeness (QED) is 0.473. The second kappa shape index (κ2) is 3.49. The van der Waals surface area contributed by atoms with Crippen LogP contribution >= 0.6 is 0 Å². The molecule has 11 heavy (non-hydrogen) atoms. The first-order valence-corrected chi connectivity index (χ1v) is 3.84. The van der Waals surface area contributed by atoms with Gasteiger partial charge in [-0.25, -0.2) is 0 Å². The van der Waals surface area contributed by atoms with Gasteiger partial charge in [0.05, 0.1) is 12.2 Å². The summed E-state index contributed by atoms with van der Waals surface area (Å²) in [5.74, 6) is 0. The van der Waals surface area contributed by atoms with Crippen LogP contribution in [0.4, 0.5) is 0 Å². The number of ether oxygens (including phenoxy) is 1. The molecule has 0 aliphatic carbocycles. The Morgan fingerprint density at radius 3 is 2.55 bits per heavy atom. The average Bonchev–Trinajstić information content (AvgIpc) is 1.96. The molecule has 4 atom stereocenters. The molecule has 0 saturated carbocycles. The van der Waals surface area contributed by atoms with Gasteiger partial charge in [0.1, 0.15) is 6.10 Å². The highest BCUT2D eigenvalue weighted by Gasteiger charge is 2.34. The number of rotatable bonds is 1. The summed E-state index contributed by atoms with van der Waals surface area (Å²) < 4.78 is 4.96. The highest BCUT2D eigenvalue weighted by Crippen LogP contribution is 2.20. The lowest BCUT2D eigenvalue weighted by molar-refractivity contribution is -0.232. The van der Waals surface area contributed by atoms with E-state index in [4.69, 9.17) is 14.9 Å². The second-order valence-corrected chi connectivity index (χ2v) is 2.83. The third-order valence-electron chi connectivity index (χ3n) is 1.95. The molecule has 66 valence electrons. The van der Waals surface area contributed by atoms with Gasteiger partial charge in [-0.15, -0.1) is 0 Å². The van der Waals surface area contributed by atoms with Gasteiger partial charge in [0.25, 0.3) is 0 Å². The zero-order chi connectivity index (χ0) is 8.43. The van der Waals surface area contributed by atoms with Crippen LogP contribution < -0.4 is 0 Å². The molecule has 4 nitrogen and oxygen atoms in total. The van der Waals surface area contributed by atoms with Crippen molar-refractivity contribution in [3.8, 4) is 0 Å². The van der Waals surface area contributed by atoms with E-state index in [-0.39, 0.29) is 6.42 Å². The maximum atomic E-state index is 9.27. The summed E-state index contributed by atoms with van der Waals surface area (Å²) in [5, 5.41) is 27.4. The van der Waals surface area contributed by atoms with Crippen molar-refractivity contribution >= 4 is 0 Å². The highest BCUT2D eigenvalue weighted by atomic mass is 16.6. The molecular formula is C7H14O4. The predicted octanol–water partition coefficient (Wildman–Crippen LogP) is -0.774. The van der Waals surface area contributed by atoms with Crippen LogP contribution in [0.1, 0.15) is 19.8 Å². The van der Waals surface area contributed by atoms with Crippen molar-refractivity contribution in [3.63, 3.8) is 0 Å². The smallest absolute Gasteiger partial charge is 0.157 e. The Bertz CT molecular complexity index is 128. The maximum Gasteiger partial charge on any atom is 0.157 e. The Kier molecular flexibility index (Phi) is 2.84. The lowest BCUT2D eigenvalue weighted by Crippen LogP contribution is -2.47. The fourth-order valence-electron chi connectivity index (χ4n) is 1.27. The Hall–Kier alpha value is -0.160. The van der Waals surface area contributed by atoms with Crippen molar-refractivity contribution in [2.24, 2.45) is 0 Å². The van der Waals surface area contributed by atoms with E-state index in [1.54, 1.807) is 0 Å². The molecule has 4 heteroatoms. The molecule has 0 amide bonds. The number of hydrogen-bond acceptors (Lipinski definition) is 4. The van der Waals surface area contributed by atoms with Gasteiger partial charge in [-0.3, -0.25) is 0 Å². The van der Waals surface area contributed by atoms with Gasteiger partial charge >= 0.3 is 0 Å². The molecule has 0 spiro atoms. The zero-order valence-corrected chi connectivity index (χ0v) is 6.47. The van der Waals surface area contributed by atoms with Crippen molar-refractivity contribution in [3.05, 3.63) is 0 Å². The molecule has 0 aromatic carbocycles. The summed E-state index contributed by atoms with van der Waals surface area (Å²) in [5.41, 5.74) is 0. The maximum absolute atomic E-state index is 9.27. The normalized spacial score (nSPS) is 45.8. The van der Waals surface area contributed by atoms with Gasteiger partial charge in [-0.2, -0.15) is 0 Å². The van der Waals surface area contributed by atoms with Crippen molar-refractivity contribution in [1.82, 2.24) is 0 Å². The molecule has 0 bridgehead atoms. The minimum absolute atomic E-state index is 0.0949. The lowest BCUT2D eigenvalue weighted by atomic mass is 10.00. The van der Waals surface area contributed by atoms with Gasteiger partial charge < -0.3 is 20.1 Å². The van der Waals surface area contributed by atoms with Gasteiger partial charge in [0, 0.05) is 6.42 Å². The van der Waals surface area contributed by atoms with Crippen molar-refractivity contribution < 1.29 is 20.1 Å². The summed E-state index contributed by atoms with van der Waals surface area (Å²) in [6.07, 6.45) is -2.40. The van der Waals surface area contributed by atoms with Gasteiger partial charge in [0.15, 0.2) is 6.29 Å². The summed E-state index contributed by atoms with van der Waals surface area (Å²) in [6, 6.07) is 0. The minimum atomic E-state index is -0.932. The van der Waals surface area contributed by atoms with Crippen LogP contribution in [0.3, 0.4) is 0 Å². The van der Waals surface area contributed by atoms with Crippen molar-refractivity contribution in [1.29, 1.82) is 0 Å². The number of aliphatic hydroxyl groups excluding tert-OH is 3. The SMILES string of the molecule is CC[C@H]1OC(O)C[C@@H](O)[C@@H]1O. The molecule has 1 unspecified atom stereocenters. The highest BCUT2D eigenvalue weighted by molar-refractivity contribution is 4.81. The molecule has 0 radical (unpaired) electrons. The molecule has 1 rings (SSSR count).